The average molecular weight is 256 g/mol. The number of hydrogen-bond acceptors (Lipinski definition) is 1. The molecule has 0 amide bonds. The number of H-pyrrole nitrogens is 1. The molecule has 0 fully saturated rings. The Bertz CT molecular complexity index is 801. The van der Waals surface area contributed by atoms with Crippen LogP contribution in [-0.4, -0.2) is 9.55 Å². The number of hydrogen-bond donors (Lipinski definition) is 1. The smallest absolute Gasteiger partial charge is 0.305 e. The fourth-order valence-corrected chi connectivity index (χ4v) is 2.25. The molecule has 0 spiro atoms. The van der Waals surface area contributed by atoms with Crippen molar-refractivity contribution in [2.45, 2.75) is 13.5 Å². The molecule has 3 aromatic rings. The molecule has 0 aliphatic heterocycles. The summed E-state index contributed by atoms with van der Waals surface area (Å²) in [5.74, 6) is -0.350. The van der Waals surface area contributed by atoms with Crippen LogP contribution in [-0.2, 0) is 6.54 Å². The Kier molecular flexibility index (Phi) is 2.71. The predicted octanol–water partition coefficient (Wildman–Crippen LogP) is 2.83. The molecule has 19 heavy (non-hydrogen) atoms. The van der Waals surface area contributed by atoms with E-state index in [1.165, 1.54) is 12.1 Å². The van der Waals surface area contributed by atoms with E-state index >= 15 is 0 Å². The molecule has 0 aliphatic carbocycles. The third-order valence-corrected chi connectivity index (χ3v) is 3.33. The minimum Gasteiger partial charge on any atom is -0.305 e. The minimum absolute atomic E-state index is 0.219. The topological polar surface area (TPSA) is 37.8 Å². The molecule has 0 aliphatic rings. The monoisotopic (exact) mass is 256 g/mol. The molecule has 96 valence electrons. The van der Waals surface area contributed by atoms with Gasteiger partial charge in [-0.1, -0.05) is 24.3 Å². The molecule has 2 aromatic carbocycles. The van der Waals surface area contributed by atoms with E-state index in [0.717, 1.165) is 16.6 Å². The fraction of sp³-hybridized carbons (Fsp3) is 0.133. The van der Waals surface area contributed by atoms with Crippen LogP contribution in [0, 0.1) is 12.7 Å². The van der Waals surface area contributed by atoms with Crippen molar-refractivity contribution in [3.63, 3.8) is 0 Å². The highest BCUT2D eigenvalue weighted by molar-refractivity contribution is 5.75. The first kappa shape index (κ1) is 11.7. The molecule has 0 saturated carbocycles. The van der Waals surface area contributed by atoms with Crippen LogP contribution < -0.4 is 5.69 Å². The van der Waals surface area contributed by atoms with Crippen LogP contribution in [0.15, 0.2) is 47.3 Å². The minimum atomic E-state index is -0.350. The lowest BCUT2D eigenvalue weighted by Crippen LogP contribution is -2.17. The van der Waals surface area contributed by atoms with Gasteiger partial charge in [-0.3, -0.25) is 4.57 Å². The third kappa shape index (κ3) is 2.05. The summed E-state index contributed by atoms with van der Waals surface area (Å²) in [5, 5.41) is 0. The largest absolute Gasteiger partial charge is 0.326 e. The highest BCUT2D eigenvalue weighted by Crippen LogP contribution is 2.15. The Morgan fingerprint density at radius 3 is 2.79 bits per heavy atom. The summed E-state index contributed by atoms with van der Waals surface area (Å²) < 4.78 is 14.8. The van der Waals surface area contributed by atoms with Gasteiger partial charge in [0.1, 0.15) is 5.82 Å². The Morgan fingerprint density at radius 1 is 1.21 bits per heavy atom. The zero-order chi connectivity index (χ0) is 13.4. The van der Waals surface area contributed by atoms with E-state index in [4.69, 9.17) is 0 Å². The van der Waals surface area contributed by atoms with Crippen molar-refractivity contribution in [3.8, 4) is 0 Å². The maximum absolute atomic E-state index is 13.1. The van der Waals surface area contributed by atoms with E-state index in [1.54, 1.807) is 10.6 Å². The highest BCUT2D eigenvalue weighted by atomic mass is 19.1. The van der Waals surface area contributed by atoms with Gasteiger partial charge in [0.05, 0.1) is 17.6 Å². The van der Waals surface area contributed by atoms with Gasteiger partial charge < -0.3 is 4.98 Å². The lowest BCUT2D eigenvalue weighted by Gasteiger charge is -2.06. The van der Waals surface area contributed by atoms with Crippen molar-refractivity contribution in [2.24, 2.45) is 0 Å². The molecule has 0 radical (unpaired) electrons. The van der Waals surface area contributed by atoms with Crippen LogP contribution in [0.5, 0.6) is 0 Å². The van der Waals surface area contributed by atoms with Gasteiger partial charge in [0.15, 0.2) is 0 Å². The number of halogens is 1. The second-order valence-electron chi connectivity index (χ2n) is 4.60. The maximum Gasteiger partial charge on any atom is 0.326 e. The number of nitrogens with zero attached hydrogens (tertiary/aromatic N) is 1. The molecule has 0 bridgehead atoms. The van der Waals surface area contributed by atoms with E-state index in [1.807, 2.05) is 31.2 Å². The van der Waals surface area contributed by atoms with E-state index in [0.29, 0.717) is 12.1 Å². The Morgan fingerprint density at radius 2 is 2.00 bits per heavy atom. The van der Waals surface area contributed by atoms with Crippen molar-refractivity contribution >= 4 is 11.0 Å². The average Bonchev–Trinajstić information content (AvgIpc) is 2.68. The van der Waals surface area contributed by atoms with E-state index in [-0.39, 0.29) is 11.5 Å². The molecular weight excluding hydrogens is 243 g/mol. The Hall–Kier alpha value is -2.36. The van der Waals surface area contributed by atoms with Crippen LogP contribution in [0.2, 0.25) is 0 Å². The van der Waals surface area contributed by atoms with Crippen molar-refractivity contribution in [1.29, 1.82) is 0 Å². The number of fused-ring (bicyclic) bond motifs is 1. The van der Waals surface area contributed by atoms with Crippen molar-refractivity contribution < 1.29 is 4.39 Å². The first-order valence-corrected chi connectivity index (χ1v) is 6.08. The summed E-state index contributed by atoms with van der Waals surface area (Å²) in [7, 11) is 0. The molecular formula is C15H13FN2O. The quantitative estimate of drug-likeness (QED) is 0.752. The molecule has 3 nitrogen and oxygen atoms in total. The van der Waals surface area contributed by atoms with Crippen molar-refractivity contribution in [1.82, 2.24) is 9.55 Å². The number of aromatic nitrogens is 2. The SMILES string of the molecule is Cc1ccccc1Cn1c(=O)[nH]c2cc(F)ccc21. The van der Waals surface area contributed by atoms with E-state index in [2.05, 4.69) is 4.98 Å². The number of imidazole rings is 1. The predicted molar refractivity (Wildman–Crippen MR) is 72.8 cm³/mol. The second-order valence-corrected chi connectivity index (χ2v) is 4.60. The first-order valence-electron chi connectivity index (χ1n) is 6.08. The van der Waals surface area contributed by atoms with Crippen LogP contribution in [0.3, 0.4) is 0 Å². The molecule has 0 saturated heterocycles. The van der Waals surface area contributed by atoms with E-state index in [9.17, 15) is 9.18 Å². The van der Waals surface area contributed by atoms with Crippen LogP contribution in [0.25, 0.3) is 11.0 Å². The molecule has 0 unspecified atom stereocenters. The van der Waals surface area contributed by atoms with Crippen molar-refractivity contribution in [3.05, 3.63) is 69.9 Å². The molecule has 0 atom stereocenters. The number of benzene rings is 2. The second kappa shape index (κ2) is 4.39. The molecule has 3 rings (SSSR count). The summed E-state index contributed by atoms with van der Waals surface area (Å²) in [6.07, 6.45) is 0. The lowest BCUT2D eigenvalue weighted by atomic mass is 10.1. The van der Waals surface area contributed by atoms with Gasteiger partial charge in [-0.2, -0.15) is 0 Å². The first-order chi connectivity index (χ1) is 9.15. The van der Waals surface area contributed by atoms with Gasteiger partial charge >= 0.3 is 5.69 Å². The normalized spacial score (nSPS) is 11.1. The van der Waals surface area contributed by atoms with Gasteiger partial charge in [0.25, 0.3) is 0 Å². The summed E-state index contributed by atoms with van der Waals surface area (Å²) >= 11 is 0. The summed E-state index contributed by atoms with van der Waals surface area (Å²) in [6, 6.07) is 12.2. The van der Waals surface area contributed by atoms with Gasteiger partial charge in [-0.25, -0.2) is 9.18 Å². The van der Waals surface area contributed by atoms with Gasteiger partial charge in [0, 0.05) is 0 Å². The molecule has 1 N–H and O–H groups in total. The Labute approximate surface area is 109 Å². The molecule has 1 heterocycles. The third-order valence-electron chi connectivity index (χ3n) is 3.33. The number of nitrogens with one attached hydrogen (secondary N) is 1. The van der Waals surface area contributed by atoms with Crippen molar-refractivity contribution in [2.75, 3.05) is 0 Å². The number of rotatable bonds is 2. The van der Waals surface area contributed by atoms with Gasteiger partial charge in [0.2, 0.25) is 0 Å². The van der Waals surface area contributed by atoms with Gasteiger partial charge in [-0.05, 0) is 36.2 Å². The molecule has 1 aromatic heterocycles. The van der Waals surface area contributed by atoms with Crippen LogP contribution in [0.4, 0.5) is 4.39 Å². The summed E-state index contributed by atoms with van der Waals surface area (Å²) in [5.41, 5.74) is 3.23. The maximum atomic E-state index is 13.1. The standard InChI is InChI=1S/C15H13FN2O/c1-10-4-2-3-5-11(10)9-18-14-7-6-12(16)8-13(14)17-15(18)19/h2-8H,9H2,1H3,(H,17,19). The highest BCUT2D eigenvalue weighted by Gasteiger charge is 2.08. The zero-order valence-electron chi connectivity index (χ0n) is 10.5. The fourth-order valence-electron chi connectivity index (χ4n) is 2.25. The summed E-state index contributed by atoms with van der Waals surface area (Å²) in [6.45, 7) is 2.49. The zero-order valence-corrected chi connectivity index (χ0v) is 10.5. The number of aromatic amines is 1. The van der Waals surface area contributed by atoms with E-state index < -0.39 is 0 Å². The Balaban J connectivity index is 2.13. The summed E-state index contributed by atoms with van der Waals surface area (Å²) in [4.78, 5) is 14.6. The lowest BCUT2D eigenvalue weighted by molar-refractivity contribution is 0.629. The number of aryl methyl sites for hydroxylation is 1. The van der Waals surface area contributed by atoms with Crippen LogP contribution >= 0.6 is 0 Å². The molecule has 4 heteroatoms. The van der Waals surface area contributed by atoms with Crippen LogP contribution in [0.1, 0.15) is 11.1 Å². The van der Waals surface area contributed by atoms with Gasteiger partial charge in [-0.15, -0.1) is 0 Å².